The first kappa shape index (κ1) is 32.3. The van der Waals surface area contributed by atoms with Crippen LogP contribution in [0, 0.1) is 46.8 Å². The molecule has 1 amide bonds. The molecule has 0 spiro atoms. The average Bonchev–Trinajstić information content (AvgIpc) is 3.31. The molecule has 1 heterocycles. The second-order valence-corrected chi connectivity index (χ2v) is 15.9. The van der Waals surface area contributed by atoms with Crippen LogP contribution >= 0.6 is 0 Å². The first-order valence-corrected chi connectivity index (χ1v) is 17.6. The summed E-state index contributed by atoms with van der Waals surface area (Å²) in [7, 11) is 2.21. The van der Waals surface area contributed by atoms with Crippen molar-refractivity contribution >= 4 is 11.6 Å². The van der Waals surface area contributed by atoms with Gasteiger partial charge in [0, 0.05) is 30.0 Å². The highest BCUT2D eigenvalue weighted by molar-refractivity contribution is 5.96. The molecule has 6 rings (SSSR count). The minimum absolute atomic E-state index is 0.0404. The van der Waals surface area contributed by atoms with E-state index in [0.29, 0.717) is 36.3 Å². The number of likely N-dealkylation sites (tertiary alicyclic amines) is 1. The van der Waals surface area contributed by atoms with Crippen molar-refractivity contribution in [2.45, 2.75) is 109 Å². The quantitative estimate of drug-likeness (QED) is 0.272. The van der Waals surface area contributed by atoms with Crippen LogP contribution in [0.25, 0.3) is 0 Å². The highest BCUT2D eigenvalue weighted by Crippen LogP contribution is 2.67. The van der Waals surface area contributed by atoms with Crippen LogP contribution in [0.2, 0.25) is 0 Å². The lowest BCUT2D eigenvalue weighted by Gasteiger charge is -2.58. The number of nitrogens with one attached hydrogen (secondary N) is 1. The normalized spacial score (nSPS) is 42.1. The van der Waals surface area contributed by atoms with Gasteiger partial charge in [0.05, 0.1) is 5.71 Å². The van der Waals surface area contributed by atoms with Crippen molar-refractivity contribution in [3.05, 3.63) is 47.5 Å². The molecule has 9 atom stereocenters. The summed E-state index contributed by atoms with van der Waals surface area (Å²) >= 11 is 0. The zero-order valence-corrected chi connectivity index (χ0v) is 28.3. The smallest absolute Gasteiger partial charge is 0.260 e. The molecular weight excluding hydrogens is 558 g/mol. The lowest BCUT2D eigenvalue weighted by atomic mass is 9.46. The zero-order chi connectivity index (χ0) is 32.0. The molecule has 6 nitrogen and oxygen atoms in total. The summed E-state index contributed by atoms with van der Waals surface area (Å²) < 4.78 is 0. The number of aliphatic hydroxyl groups is 1. The molecule has 0 unspecified atom stereocenters. The summed E-state index contributed by atoms with van der Waals surface area (Å²) in [5, 5.41) is 18.9. The van der Waals surface area contributed by atoms with Crippen LogP contribution in [0.1, 0.15) is 97.5 Å². The largest absolute Gasteiger partial charge is 0.385 e. The maximum Gasteiger partial charge on any atom is 0.260 e. The Morgan fingerprint density at radius 3 is 2.62 bits per heavy atom. The molecule has 1 aromatic rings. The highest BCUT2D eigenvalue weighted by Gasteiger charge is 2.63. The lowest BCUT2D eigenvalue weighted by Crippen LogP contribution is -2.54. The lowest BCUT2D eigenvalue weighted by molar-refractivity contribution is -0.125. The number of allylic oxidation sites excluding steroid dienone is 2. The van der Waals surface area contributed by atoms with Gasteiger partial charge in [0.2, 0.25) is 0 Å². The zero-order valence-electron chi connectivity index (χ0n) is 28.3. The van der Waals surface area contributed by atoms with Crippen LogP contribution in [0.5, 0.6) is 0 Å². The van der Waals surface area contributed by atoms with Crippen LogP contribution in [0.4, 0.5) is 0 Å². The Morgan fingerprint density at radius 1 is 1.11 bits per heavy atom. The van der Waals surface area contributed by atoms with E-state index in [1.54, 1.807) is 0 Å². The number of carbonyl (C=O) groups is 1. The third kappa shape index (κ3) is 5.46. The number of amides is 1. The van der Waals surface area contributed by atoms with Gasteiger partial charge in [-0.05, 0) is 119 Å². The van der Waals surface area contributed by atoms with Crippen molar-refractivity contribution in [3.8, 4) is 12.3 Å². The fourth-order valence-electron chi connectivity index (χ4n) is 10.9. The summed E-state index contributed by atoms with van der Waals surface area (Å²) in [6.07, 6.45) is 18.2. The first-order valence-electron chi connectivity index (χ1n) is 17.6. The Morgan fingerprint density at radius 2 is 1.87 bits per heavy atom. The number of rotatable bonds is 7. The van der Waals surface area contributed by atoms with E-state index in [0.717, 1.165) is 76.5 Å². The summed E-state index contributed by atoms with van der Waals surface area (Å²) in [6.45, 7) is 11.0. The monoisotopic (exact) mass is 613 g/mol. The topological polar surface area (TPSA) is 74.2 Å². The van der Waals surface area contributed by atoms with Gasteiger partial charge in [0.25, 0.3) is 5.91 Å². The number of nitrogens with zero attached hydrogens (tertiary/aromatic N) is 2. The van der Waals surface area contributed by atoms with E-state index in [2.05, 4.69) is 92.4 Å². The van der Waals surface area contributed by atoms with Gasteiger partial charge in [-0.15, -0.1) is 6.42 Å². The molecule has 3 saturated carbocycles. The molecule has 2 N–H and O–H groups in total. The average molecular weight is 614 g/mol. The molecule has 1 aromatic carbocycles. The predicted molar refractivity (Wildman–Crippen MR) is 180 cm³/mol. The van der Waals surface area contributed by atoms with E-state index < -0.39 is 5.60 Å². The van der Waals surface area contributed by atoms with Gasteiger partial charge in [-0.25, -0.2) is 0 Å². The maximum atomic E-state index is 12.8. The minimum atomic E-state index is -0.955. The number of carbonyl (C=O) groups excluding carboxylic acids is 1. The van der Waals surface area contributed by atoms with Crippen LogP contribution in [0.3, 0.4) is 0 Å². The summed E-state index contributed by atoms with van der Waals surface area (Å²) in [5.41, 5.74) is 2.90. The van der Waals surface area contributed by atoms with Gasteiger partial charge in [-0.3, -0.25) is 4.79 Å². The maximum absolute atomic E-state index is 12.8. The number of hydrogen-bond acceptors (Lipinski definition) is 5. The van der Waals surface area contributed by atoms with E-state index >= 15 is 0 Å². The molecule has 5 aliphatic rings. The third-order valence-corrected chi connectivity index (χ3v) is 13.9. The Labute approximate surface area is 271 Å². The minimum Gasteiger partial charge on any atom is -0.385 e. The molecule has 0 bridgehead atoms. The molecule has 4 fully saturated rings. The fourth-order valence-corrected chi connectivity index (χ4v) is 10.9. The molecular formula is C39H55N3O3. The van der Waals surface area contributed by atoms with Crippen LogP contribution in [-0.2, 0) is 15.0 Å². The van der Waals surface area contributed by atoms with Crippen molar-refractivity contribution in [1.29, 1.82) is 0 Å². The number of piperidine rings is 1. The fraction of sp³-hybridized carbons (Fsp3) is 0.692. The number of benzene rings is 1. The van der Waals surface area contributed by atoms with Crippen LogP contribution in [0.15, 0.2) is 47.1 Å². The molecule has 6 heteroatoms. The molecule has 1 saturated heterocycles. The van der Waals surface area contributed by atoms with E-state index in [1.807, 2.05) is 0 Å². The Hall–Kier alpha value is -2.62. The molecule has 0 radical (unpaired) electrons. The van der Waals surface area contributed by atoms with Crippen molar-refractivity contribution in [2.75, 3.05) is 26.7 Å². The third-order valence-electron chi connectivity index (χ3n) is 13.9. The van der Waals surface area contributed by atoms with Gasteiger partial charge in [0.15, 0.2) is 6.61 Å². The number of hydrogen-bond donors (Lipinski definition) is 2. The van der Waals surface area contributed by atoms with Crippen molar-refractivity contribution in [3.63, 3.8) is 0 Å². The van der Waals surface area contributed by atoms with E-state index in [-0.39, 0.29) is 28.8 Å². The van der Waals surface area contributed by atoms with Gasteiger partial charge < -0.3 is 20.2 Å². The van der Waals surface area contributed by atoms with E-state index in [4.69, 9.17) is 11.3 Å². The molecule has 1 aliphatic heterocycles. The Balaban J connectivity index is 1.04. The van der Waals surface area contributed by atoms with E-state index in [9.17, 15) is 9.90 Å². The van der Waals surface area contributed by atoms with Crippen LogP contribution < -0.4 is 5.32 Å². The summed E-state index contributed by atoms with van der Waals surface area (Å²) in [5.74, 6) is 4.92. The molecule has 0 aromatic heterocycles. The molecule has 4 aliphatic carbocycles. The first-order chi connectivity index (χ1) is 21.5. The molecule has 45 heavy (non-hydrogen) atoms. The second-order valence-electron chi connectivity index (χ2n) is 15.9. The van der Waals surface area contributed by atoms with Gasteiger partial charge in [-0.1, -0.05) is 67.8 Å². The van der Waals surface area contributed by atoms with E-state index in [1.165, 1.54) is 11.1 Å². The SMILES string of the molecule is C#C[C@]1(O)CC[C@@H]2[C@@H]3CCC4=C/C(=N\OCC(=O)NCC[C@]5(c6ccccc6)C[C@H](C)N(C)C[C@H]5C)CC[C@]4(C)[C@H]3CC[C@@]21C. The Bertz CT molecular complexity index is 1370. The number of oxime groups is 1. The van der Waals surface area contributed by atoms with Crippen molar-refractivity contribution in [1.82, 2.24) is 10.2 Å². The number of fused-ring (bicyclic) bond motifs is 5. The predicted octanol–water partition coefficient (Wildman–Crippen LogP) is 6.49. The summed E-state index contributed by atoms with van der Waals surface area (Å²) in [6, 6.07) is 11.3. The second kappa shape index (κ2) is 12.2. The molecule has 244 valence electrons. The highest BCUT2D eigenvalue weighted by atomic mass is 16.6. The van der Waals surface area contributed by atoms with Gasteiger partial charge in [-0.2, -0.15) is 0 Å². The van der Waals surface area contributed by atoms with Crippen molar-refractivity contribution < 1.29 is 14.7 Å². The van der Waals surface area contributed by atoms with Crippen LogP contribution in [-0.4, -0.2) is 60.0 Å². The Kier molecular flexibility index (Phi) is 8.76. The van der Waals surface area contributed by atoms with Gasteiger partial charge in [0.1, 0.15) is 5.60 Å². The standard InChI is InChI=1S/C39H55N3O3/c1-7-39(44)20-17-34-32-14-13-30-23-31(15-18-36(30,4)33(32)16-19-37(34,39)5)41-45-26-35(43)40-22-21-38(29-11-9-8-10-12-29)24-28(3)42(6)25-27(38)2/h1,8-12,23,27-28,32-34,44H,13-22,24-26H2,2-6H3,(H,40,43)/b41-31-/t27-,28+,32-,33+,34-,36+,37+,38+,39+/m1/s1. The summed E-state index contributed by atoms with van der Waals surface area (Å²) in [4.78, 5) is 20.9. The number of terminal acetylenes is 1. The van der Waals surface area contributed by atoms with Crippen molar-refractivity contribution in [2.24, 2.45) is 39.7 Å². The van der Waals surface area contributed by atoms with Gasteiger partial charge >= 0.3 is 0 Å².